The largest absolute Gasteiger partial charge is 0.493 e. The molecule has 1 unspecified atom stereocenters. The summed E-state index contributed by atoms with van der Waals surface area (Å²) in [6, 6.07) is 8.63. The number of likely N-dealkylation sites (tertiary alicyclic amines) is 1. The summed E-state index contributed by atoms with van der Waals surface area (Å²) < 4.78 is 90.5. The summed E-state index contributed by atoms with van der Waals surface area (Å²) in [5.41, 5.74) is -3.78. The molecule has 2 heterocycles. The Bertz CT molecular complexity index is 1460. The number of piperidine rings is 1. The van der Waals surface area contributed by atoms with E-state index in [2.05, 4.69) is 10.4 Å². The first-order chi connectivity index (χ1) is 21.3. The molecule has 15 heteroatoms. The molecule has 2 aromatic rings. The number of alkyl halides is 6. The van der Waals surface area contributed by atoms with Gasteiger partial charge in [0.1, 0.15) is 22.8 Å². The highest BCUT2D eigenvalue weighted by Crippen LogP contribution is 2.40. The molecule has 0 radical (unpaired) electrons. The Morgan fingerprint density at radius 3 is 2.17 bits per heavy atom. The highest BCUT2D eigenvalue weighted by molar-refractivity contribution is 6.13. The molecule has 4 rings (SSSR count). The van der Waals surface area contributed by atoms with Crippen molar-refractivity contribution in [2.45, 2.75) is 64.0 Å². The topological polar surface area (TPSA) is 101 Å². The lowest BCUT2D eigenvalue weighted by Gasteiger charge is -2.40. The Kier molecular flexibility index (Phi) is 9.64. The smallest absolute Gasteiger partial charge is 0.416 e. The van der Waals surface area contributed by atoms with E-state index >= 15 is 0 Å². The summed E-state index contributed by atoms with van der Waals surface area (Å²) in [7, 11) is 1.52. The molecule has 2 atom stereocenters. The van der Waals surface area contributed by atoms with Crippen LogP contribution in [-0.4, -0.2) is 71.9 Å². The number of hydrogen-bond donors (Lipinski definition) is 1. The number of carbonyl (C=O) groups is 3. The Morgan fingerprint density at radius 2 is 1.61 bits per heavy atom. The monoisotopic (exact) mass is 656 g/mol. The van der Waals surface area contributed by atoms with Crippen LogP contribution in [0, 0.1) is 5.41 Å². The molecule has 2 aliphatic rings. The number of halogens is 6. The van der Waals surface area contributed by atoms with Gasteiger partial charge in [0, 0.05) is 33.0 Å². The van der Waals surface area contributed by atoms with Gasteiger partial charge in [-0.25, -0.2) is 9.80 Å². The van der Waals surface area contributed by atoms with Crippen molar-refractivity contribution in [3.8, 4) is 5.75 Å². The summed E-state index contributed by atoms with van der Waals surface area (Å²) >= 11 is 0. The molecule has 46 heavy (non-hydrogen) atoms. The number of benzene rings is 2. The summed E-state index contributed by atoms with van der Waals surface area (Å²) in [5, 5.41) is 8.10. The molecular weight excluding hydrogens is 622 g/mol. The van der Waals surface area contributed by atoms with Gasteiger partial charge in [-0.3, -0.25) is 9.59 Å². The van der Waals surface area contributed by atoms with E-state index < -0.39 is 64.9 Å². The van der Waals surface area contributed by atoms with Crippen molar-refractivity contribution in [2.24, 2.45) is 10.5 Å². The number of rotatable bonds is 8. The third kappa shape index (κ3) is 8.10. The summed E-state index contributed by atoms with van der Waals surface area (Å²) in [6.07, 6.45) is -11.0. The molecule has 1 N–H and O–H groups in total. The molecule has 0 bridgehead atoms. The van der Waals surface area contributed by atoms with Crippen LogP contribution in [0.5, 0.6) is 5.75 Å². The summed E-state index contributed by atoms with van der Waals surface area (Å²) in [4.78, 5) is 41.5. The molecule has 250 valence electrons. The molecule has 2 aliphatic heterocycles. The molecule has 0 spiro atoms. The Hall–Kier alpha value is -4.30. The van der Waals surface area contributed by atoms with Gasteiger partial charge in [-0.2, -0.15) is 31.4 Å². The molecule has 0 saturated carbocycles. The predicted molar refractivity (Wildman–Crippen MR) is 154 cm³/mol. The van der Waals surface area contributed by atoms with E-state index in [9.17, 15) is 40.7 Å². The Labute approximate surface area is 261 Å². The number of ether oxygens (including phenoxy) is 2. The minimum Gasteiger partial charge on any atom is -0.493 e. The summed E-state index contributed by atoms with van der Waals surface area (Å²) in [5.74, 6) is -1.66. The molecule has 0 aliphatic carbocycles. The molecule has 2 aromatic carbocycles. The van der Waals surface area contributed by atoms with Gasteiger partial charge in [0.25, 0.3) is 5.91 Å². The van der Waals surface area contributed by atoms with Gasteiger partial charge in [0.2, 0.25) is 5.91 Å². The van der Waals surface area contributed by atoms with Crippen molar-refractivity contribution in [1.82, 2.24) is 15.2 Å². The Balaban J connectivity index is 1.57. The summed E-state index contributed by atoms with van der Waals surface area (Å²) in [6.45, 7) is 4.32. The first-order valence-electron chi connectivity index (χ1n) is 14.4. The van der Waals surface area contributed by atoms with Crippen LogP contribution in [0.15, 0.2) is 53.6 Å². The van der Waals surface area contributed by atoms with E-state index in [1.165, 1.54) is 17.0 Å². The molecule has 1 fully saturated rings. The maximum atomic E-state index is 13.9. The van der Waals surface area contributed by atoms with E-state index in [1.54, 1.807) is 20.8 Å². The van der Waals surface area contributed by atoms with Crippen molar-refractivity contribution in [1.29, 1.82) is 0 Å². The molecule has 1 saturated heterocycles. The van der Waals surface area contributed by atoms with Crippen LogP contribution in [0.4, 0.5) is 31.1 Å². The van der Waals surface area contributed by atoms with Crippen LogP contribution in [0.25, 0.3) is 0 Å². The van der Waals surface area contributed by atoms with Crippen molar-refractivity contribution >= 4 is 23.6 Å². The average Bonchev–Trinajstić information content (AvgIpc) is 3.19. The predicted octanol–water partition coefficient (Wildman–Crippen LogP) is 5.68. The van der Waals surface area contributed by atoms with Gasteiger partial charge < -0.3 is 19.7 Å². The van der Waals surface area contributed by atoms with Gasteiger partial charge in [-0.15, -0.1) is 0 Å². The number of hydrogen-bond acceptors (Lipinski definition) is 6. The van der Waals surface area contributed by atoms with Crippen LogP contribution >= 0.6 is 0 Å². The zero-order valence-corrected chi connectivity index (χ0v) is 25.6. The lowest BCUT2D eigenvalue weighted by Crippen LogP contribution is -2.59. The number of fused-ring (bicyclic) bond motifs is 1. The van der Waals surface area contributed by atoms with E-state index in [0.29, 0.717) is 17.8 Å². The number of carbonyl (C=O) groups excluding carboxylic acids is 3. The zero-order chi connectivity index (χ0) is 34.1. The first-order valence-corrected chi connectivity index (χ1v) is 14.4. The average molecular weight is 657 g/mol. The van der Waals surface area contributed by atoms with Gasteiger partial charge >= 0.3 is 18.4 Å². The standard InChI is InChI=1S/C31H34F6N4O5/c1-28(2,3)46-27(44)38-23(11-13-45-22-15-20(30(32,33)34)14-21(16-22)31(35,36)37)25(42)41-12-10-24-29(18-41,26(43)40(4)39-24)17-19-8-6-5-7-9-19/h5-9,14-16,23H,10-13,17-18H2,1-4H3,(H,38,44)/t23?,29-/m1/s1. The fourth-order valence-electron chi connectivity index (χ4n) is 5.45. The Morgan fingerprint density at radius 1 is 1.00 bits per heavy atom. The number of hydrazone groups is 1. The fraction of sp³-hybridized carbons (Fsp3) is 0.484. The number of amides is 3. The maximum absolute atomic E-state index is 13.9. The van der Waals surface area contributed by atoms with Gasteiger partial charge in [0.15, 0.2) is 0 Å². The zero-order valence-electron chi connectivity index (χ0n) is 25.6. The fourth-order valence-corrected chi connectivity index (χ4v) is 5.45. The van der Waals surface area contributed by atoms with E-state index in [1.807, 2.05) is 30.3 Å². The van der Waals surface area contributed by atoms with Crippen LogP contribution in [-0.2, 0) is 33.1 Å². The van der Waals surface area contributed by atoms with E-state index in [0.717, 1.165) is 5.56 Å². The molecular formula is C31H34F6N4O5. The third-order valence-corrected chi connectivity index (χ3v) is 7.49. The molecule has 3 amide bonds. The second-order valence-corrected chi connectivity index (χ2v) is 12.2. The van der Waals surface area contributed by atoms with E-state index in [-0.39, 0.29) is 44.3 Å². The minimum absolute atomic E-state index is 0.0236. The van der Waals surface area contributed by atoms with Crippen LogP contribution in [0.2, 0.25) is 0 Å². The number of nitrogens with one attached hydrogen (secondary N) is 1. The van der Waals surface area contributed by atoms with Gasteiger partial charge in [-0.1, -0.05) is 30.3 Å². The van der Waals surface area contributed by atoms with Gasteiger partial charge in [-0.05, 0) is 51.0 Å². The SMILES string of the molecule is CN1N=C2CCN(C(=O)C(CCOc3cc(C(F)(F)F)cc(C(F)(F)F)c3)NC(=O)OC(C)(C)C)C[C@@]2(Cc2ccccc2)C1=O. The van der Waals surface area contributed by atoms with Crippen molar-refractivity contribution in [2.75, 3.05) is 26.7 Å². The van der Waals surface area contributed by atoms with Crippen LogP contribution in [0.3, 0.4) is 0 Å². The van der Waals surface area contributed by atoms with Crippen LogP contribution < -0.4 is 10.1 Å². The quantitative estimate of drug-likeness (QED) is 0.369. The maximum Gasteiger partial charge on any atom is 0.416 e. The number of alkyl carbamates (subject to hydrolysis) is 1. The lowest BCUT2D eigenvalue weighted by atomic mass is 9.73. The lowest BCUT2D eigenvalue weighted by molar-refractivity contribution is -0.143. The van der Waals surface area contributed by atoms with Crippen molar-refractivity contribution in [3.63, 3.8) is 0 Å². The highest BCUT2D eigenvalue weighted by atomic mass is 19.4. The van der Waals surface area contributed by atoms with Gasteiger partial charge in [0.05, 0.1) is 23.4 Å². The molecule has 0 aromatic heterocycles. The third-order valence-electron chi connectivity index (χ3n) is 7.49. The van der Waals surface area contributed by atoms with Crippen molar-refractivity contribution in [3.05, 3.63) is 65.2 Å². The minimum atomic E-state index is -5.08. The second-order valence-electron chi connectivity index (χ2n) is 12.2. The van der Waals surface area contributed by atoms with Crippen molar-refractivity contribution < 1.29 is 50.2 Å². The first kappa shape index (κ1) is 34.6. The second kappa shape index (κ2) is 12.8. The highest BCUT2D eigenvalue weighted by Gasteiger charge is 2.54. The normalized spacial score (nSPS) is 19.3. The van der Waals surface area contributed by atoms with E-state index in [4.69, 9.17) is 9.47 Å². The number of nitrogens with zero attached hydrogens (tertiary/aromatic N) is 3. The molecule has 9 nitrogen and oxygen atoms in total. The van der Waals surface area contributed by atoms with Crippen LogP contribution in [0.1, 0.15) is 50.3 Å².